The summed E-state index contributed by atoms with van der Waals surface area (Å²) in [6, 6.07) is 15.5. The predicted molar refractivity (Wildman–Crippen MR) is 133 cm³/mol. The van der Waals surface area contributed by atoms with E-state index in [1.807, 2.05) is 45.0 Å². The highest BCUT2D eigenvalue weighted by molar-refractivity contribution is 5.89. The number of nitrogens with zero attached hydrogens (tertiary/aromatic N) is 1. The second kappa shape index (κ2) is 10.1. The first-order valence-corrected chi connectivity index (χ1v) is 12.4. The number of hydrogen-bond acceptors (Lipinski definition) is 4. The lowest BCUT2D eigenvalue weighted by molar-refractivity contribution is -0.167. The van der Waals surface area contributed by atoms with Gasteiger partial charge in [-0.05, 0) is 41.0 Å². The molecule has 2 aliphatic rings. The Bertz CT molecular complexity index is 1060. The Morgan fingerprint density at radius 3 is 2.14 bits per heavy atom. The lowest BCUT2D eigenvalue weighted by Gasteiger charge is -2.47. The van der Waals surface area contributed by atoms with E-state index in [-0.39, 0.29) is 37.4 Å². The van der Waals surface area contributed by atoms with Crippen molar-refractivity contribution in [2.24, 2.45) is 11.3 Å². The molecule has 4 rings (SSSR count). The maximum atomic E-state index is 13.2. The summed E-state index contributed by atoms with van der Waals surface area (Å²) in [4.78, 5) is 39.2. The van der Waals surface area contributed by atoms with Crippen molar-refractivity contribution < 1.29 is 24.2 Å². The molecule has 2 aromatic carbocycles. The Balaban J connectivity index is 1.42. The van der Waals surface area contributed by atoms with Gasteiger partial charge in [0.25, 0.3) is 0 Å². The van der Waals surface area contributed by atoms with Crippen LogP contribution in [0.4, 0.5) is 4.79 Å². The van der Waals surface area contributed by atoms with E-state index in [1.165, 1.54) is 4.90 Å². The van der Waals surface area contributed by atoms with Gasteiger partial charge in [0.2, 0.25) is 5.91 Å². The number of fused-ring (bicyclic) bond motifs is 3. The molecule has 0 spiro atoms. The maximum absolute atomic E-state index is 13.2. The first kappa shape index (κ1) is 24.8. The highest BCUT2D eigenvalue weighted by atomic mass is 16.5. The second-order valence-corrected chi connectivity index (χ2v) is 9.90. The molecule has 1 fully saturated rings. The normalized spacial score (nSPS) is 17.5. The Morgan fingerprint density at radius 1 is 1.06 bits per heavy atom. The van der Waals surface area contributed by atoms with Gasteiger partial charge < -0.3 is 20.1 Å². The van der Waals surface area contributed by atoms with E-state index in [4.69, 9.17) is 4.74 Å². The second-order valence-electron chi connectivity index (χ2n) is 9.90. The lowest BCUT2D eigenvalue weighted by atomic mass is 9.77. The van der Waals surface area contributed by atoms with Crippen molar-refractivity contribution in [2.75, 3.05) is 19.7 Å². The molecule has 1 aliphatic carbocycles. The summed E-state index contributed by atoms with van der Waals surface area (Å²) >= 11 is 0. The quantitative estimate of drug-likeness (QED) is 0.547. The van der Waals surface area contributed by atoms with Crippen LogP contribution >= 0.6 is 0 Å². The van der Waals surface area contributed by atoms with Crippen LogP contribution < -0.4 is 5.32 Å². The third-order valence-corrected chi connectivity index (χ3v) is 7.70. The fraction of sp³-hybridized carbons (Fsp3) is 0.464. The fourth-order valence-corrected chi connectivity index (χ4v) is 5.14. The van der Waals surface area contributed by atoms with E-state index in [2.05, 4.69) is 29.6 Å². The minimum Gasteiger partial charge on any atom is -0.481 e. The van der Waals surface area contributed by atoms with Crippen LogP contribution in [-0.4, -0.2) is 53.7 Å². The molecule has 2 aromatic rings. The van der Waals surface area contributed by atoms with Crippen LogP contribution in [0.25, 0.3) is 11.1 Å². The monoisotopic (exact) mass is 478 g/mol. The number of carboxylic acids is 1. The van der Waals surface area contributed by atoms with Crippen LogP contribution in [-0.2, 0) is 14.3 Å². The van der Waals surface area contributed by atoms with Gasteiger partial charge in [-0.25, -0.2) is 4.79 Å². The summed E-state index contributed by atoms with van der Waals surface area (Å²) in [7, 11) is 0. The van der Waals surface area contributed by atoms with E-state index in [0.29, 0.717) is 12.8 Å². The van der Waals surface area contributed by atoms with Gasteiger partial charge in [-0.2, -0.15) is 0 Å². The van der Waals surface area contributed by atoms with Gasteiger partial charge in [0.15, 0.2) is 0 Å². The number of carbonyl (C=O) groups is 3. The van der Waals surface area contributed by atoms with E-state index in [1.54, 1.807) is 0 Å². The molecule has 2 N–H and O–H groups in total. The van der Waals surface area contributed by atoms with Crippen LogP contribution in [0.15, 0.2) is 48.5 Å². The van der Waals surface area contributed by atoms with Crippen LogP contribution in [0.5, 0.6) is 0 Å². The molecule has 1 aliphatic heterocycles. The van der Waals surface area contributed by atoms with Crippen molar-refractivity contribution in [3.05, 3.63) is 59.7 Å². The number of benzene rings is 2. The summed E-state index contributed by atoms with van der Waals surface area (Å²) in [5, 5.41) is 12.3. The first-order valence-electron chi connectivity index (χ1n) is 12.4. The number of carboxylic acid groups (broad SMARTS) is 1. The van der Waals surface area contributed by atoms with E-state index < -0.39 is 23.5 Å². The first-order chi connectivity index (χ1) is 16.8. The number of amides is 2. The predicted octanol–water partition coefficient (Wildman–Crippen LogP) is 4.65. The standard InChI is InChI=1S/C28H34N2O5/c1-4-18(3)14-24(25(31)30-16-28(5-2,17-30)26(32)33)29-27(34)35-15-23-21-12-8-6-10-19(21)20-11-7-9-13-22(20)23/h6-13,18,23-24H,4-5,14-17H2,1-3H3,(H,29,34)(H,32,33). The third-order valence-electron chi connectivity index (χ3n) is 7.70. The van der Waals surface area contributed by atoms with Gasteiger partial charge in [0.1, 0.15) is 18.1 Å². The number of ether oxygens (including phenoxy) is 1. The maximum Gasteiger partial charge on any atom is 0.407 e. The Kier molecular flexibility index (Phi) is 7.15. The number of rotatable bonds is 9. The van der Waals surface area contributed by atoms with Crippen molar-refractivity contribution in [1.29, 1.82) is 0 Å². The van der Waals surface area contributed by atoms with Gasteiger partial charge in [0.05, 0.1) is 0 Å². The van der Waals surface area contributed by atoms with Crippen LogP contribution in [0.1, 0.15) is 57.1 Å². The molecule has 2 unspecified atom stereocenters. The molecule has 7 nitrogen and oxygen atoms in total. The minimum atomic E-state index is -0.889. The van der Waals surface area contributed by atoms with Crippen molar-refractivity contribution >= 4 is 18.0 Å². The SMILES string of the molecule is CCC(C)CC(NC(=O)OCC1c2ccccc2-c2ccccc21)C(=O)N1CC(CC)(C(=O)O)C1. The molecule has 1 saturated heterocycles. The number of aliphatic carboxylic acids is 1. The molecule has 7 heteroatoms. The number of hydrogen-bond donors (Lipinski definition) is 2. The summed E-state index contributed by atoms with van der Waals surface area (Å²) in [6.45, 7) is 6.40. The molecule has 1 heterocycles. The van der Waals surface area contributed by atoms with E-state index >= 15 is 0 Å². The van der Waals surface area contributed by atoms with Gasteiger partial charge in [-0.3, -0.25) is 9.59 Å². The molecule has 0 bridgehead atoms. The van der Waals surface area contributed by atoms with Crippen LogP contribution in [0.2, 0.25) is 0 Å². The molecule has 35 heavy (non-hydrogen) atoms. The summed E-state index contributed by atoms with van der Waals surface area (Å²) in [5.74, 6) is -0.973. The molecule has 2 atom stereocenters. The zero-order chi connectivity index (χ0) is 25.2. The summed E-state index contributed by atoms with van der Waals surface area (Å²) in [5.41, 5.74) is 3.66. The number of likely N-dealkylation sites (tertiary alicyclic amines) is 1. The van der Waals surface area contributed by atoms with Crippen molar-refractivity contribution in [3.8, 4) is 11.1 Å². The number of alkyl carbamates (subject to hydrolysis) is 1. The smallest absolute Gasteiger partial charge is 0.407 e. The fourth-order valence-electron chi connectivity index (χ4n) is 5.14. The lowest BCUT2D eigenvalue weighted by Crippen LogP contribution is -2.65. The Labute approximate surface area is 206 Å². The average molecular weight is 479 g/mol. The highest BCUT2D eigenvalue weighted by Gasteiger charge is 2.51. The highest BCUT2D eigenvalue weighted by Crippen LogP contribution is 2.44. The number of carbonyl (C=O) groups excluding carboxylic acids is 2. The Morgan fingerprint density at radius 2 is 1.63 bits per heavy atom. The molecule has 186 valence electrons. The van der Waals surface area contributed by atoms with Crippen LogP contribution in [0.3, 0.4) is 0 Å². The molecule has 0 saturated carbocycles. The topological polar surface area (TPSA) is 95.9 Å². The molecular formula is C28H34N2O5. The van der Waals surface area contributed by atoms with E-state index in [9.17, 15) is 19.5 Å². The third kappa shape index (κ3) is 4.77. The molecule has 0 radical (unpaired) electrons. The van der Waals surface area contributed by atoms with Crippen LogP contribution in [0, 0.1) is 11.3 Å². The zero-order valence-corrected chi connectivity index (χ0v) is 20.6. The average Bonchev–Trinajstić information content (AvgIpc) is 3.15. The molecule has 2 amide bonds. The van der Waals surface area contributed by atoms with Crippen molar-refractivity contribution in [3.63, 3.8) is 0 Å². The van der Waals surface area contributed by atoms with E-state index in [0.717, 1.165) is 28.7 Å². The number of nitrogens with one attached hydrogen (secondary N) is 1. The van der Waals surface area contributed by atoms with Crippen molar-refractivity contribution in [1.82, 2.24) is 10.2 Å². The minimum absolute atomic E-state index is 0.0620. The summed E-state index contributed by atoms with van der Waals surface area (Å²) < 4.78 is 5.65. The summed E-state index contributed by atoms with van der Waals surface area (Å²) in [6.07, 6.45) is 1.17. The zero-order valence-electron chi connectivity index (χ0n) is 20.6. The van der Waals surface area contributed by atoms with Gasteiger partial charge in [0, 0.05) is 19.0 Å². The van der Waals surface area contributed by atoms with Crippen molar-refractivity contribution in [2.45, 2.75) is 52.0 Å². The van der Waals surface area contributed by atoms with Gasteiger partial charge >= 0.3 is 12.1 Å². The Hall–Kier alpha value is -3.35. The van der Waals surface area contributed by atoms with Gasteiger partial charge in [-0.15, -0.1) is 0 Å². The molecule has 0 aromatic heterocycles. The molecular weight excluding hydrogens is 444 g/mol. The largest absolute Gasteiger partial charge is 0.481 e. The van der Waals surface area contributed by atoms with Gasteiger partial charge in [-0.1, -0.05) is 75.7 Å².